The summed E-state index contributed by atoms with van der Waals surface area (Å²) < 4.78 is 13.9. The van der Waals surface area contributed by atoms with Gasteiger partial charge < -0.3 is 5.32 Å². The Kier molecular flexibility index (Phi) is 5.38. The molecule has 0 aromatic heterocycles. The summed E-state index contributed by atoms with van der Waals surface area (Å²) in [7, 11) is 0. The molecule has 3 atom stereocenters. The summed E-state index contributed by atoms with van der Waals surface area (Å²) in [6, 6.07) is 7.85. The maximum atomic E-state index is 13.9. The SMILES string of the molecule is CCC(NC1CCCCCC1C)c1ccccc1F. The molecule has 1 aliphatic rings. The Labute approximate surface area is 116 Å². The first-order chi connectivity index (χ1) is 9.22. The number of hydrogen-bond donors (Lipinski definition) is 1. The molecule has 1 N–H and O–H groups in total. The highest BCUT2D eigenvalue weighted by Crippen LogP contribution is 2.27. The van der Waals surface area contributed by atoms with Crippen molar-refractivity contribution in [2.24, 2.45) is 5.92 Å². The summed E-state index contributed by atoms with van der Waals surface area (Å²) in [5.41, 5.74) is 0.821. The van der Waals surface area contributed by atoms with Crippen LogP contribution in [0.5, 0.6) is 0 Å². The second kappa shape index (κ2) is 7.04. The minimum Gasteiger partial charge on any atom is -0.307 e. The van der Waals surface area contributed by atoms with E-state index in [2.05, 4.69) is 19.2 Å². The Morgan fingerprint density at radius 3 is 2.68 bits per heavy atom. The van der Waals surface area contributed by atoms with Crippen molar-refractivity contribution in [3.63, 3.8) is 0 Å². The van der Waals surface area contributed by atoms with Crippen molar-refractivity contribution in [1.82, 2.24) is 5.32 Å². The Balaban J connectivity index is 2.08. The molecule has 0 bridgehead atoms. The van der Waals surface area contributed by atoms with E-state index in [1.54, 1.807) is 12.1 Å². The van der Waals surface area contributed by atoms with Crippen LogP contribution in [-0.4, -0.2) is 6.04 Å². The molecule has 1 fully saturated rings. The molecule has 1 nitrogen and oxygen atoms in total. The normalized spacial score (nSPS) is 25.8. The van der Waals surface area contributed by atoms with E-state index in [1.165, 1.54) is 32.1 Å². The van der Waals surface area contributed by atoms with Gasteiger partial charge in [-0.2, -0.15) is 0 Å². The molecule has 19 heavy (non-hydrogen) atoms. The molecule has 3 unspecified atom stereocenters. The van der Waals surface area contributed by atoms with Crippen molar-refractivity contribution in [1.29, 1.82) is 0 Å². The smallest absolute Gasteiger partial charge is 0.127 e. The summed E-state index contributed by atoms with van der Waals surface area (Å²) in [5.74, 6) is 0.617. The zero-order valence-electron chi connectivity index (χ0n) is 12.2. The van der Waals surface area contributed by atoms with Crippen LogP contribution in [0.2, 0.25) is 0 Å². The van der Waals surface area contributed by atoms with Gasteiger partial charge in [0.2, 0.25) is 0 Å². The molecule has 2 heteroatoms. The lowest BCUT2D eigenvalue weighted by Crippen LogP contribution is -2.37. The topological polar surface area (TPSA) is 12.0 Å². The van der Waals surface area contributed by atoms with E-state index in [0.29, 0.717) is 12.0 Å². The average Bonchev–Trinajstić information content (AvgIpc) is 2.62. The van der Waals surface area contributed by atoms with Crippen molar-refractivity contribution in [2.45, 2.75) is 64.5 Å². The molecule has 0 radical (unpaired) electrons. The number of rotatable bonds is 4. The molecule has 0 saturated heterocycles. The third-order valence-corrected chi connectivity index (χ3v) is 4.47. The van der Waals surface area contributed by atoms with E-state index in [-0.39, 0.29) is 11.9 Å². The monoisotopic (exact) mass is 263 g/mol. The van der Waals surface area contributed by atoms with Gasteiger partial charge in [-0.1, -0.05) is 51.3 Å². The van der Waals surface area contributed by atoms with E-state index in [0.717, 1.165) is 12.0 Å². The standard InChI is InChI=1S/C17H26FN/c1-3-16(14-10-7-8-11-15(14)18)19-17-12-6-4-5-9-13(17)2/h7-8,10-11,13,16-17,19H,3-6,9,12H2,1-2H3. The maximum Gasteiger partial charge on any atom is 0.127 e. The molecule has 1 aliphatic carbocycles. The zero-order valence-corrected chi connectivity index (χ0v) is 12.2. The molecule has 1 aromatic rings. The Hall–Kier alpha value is -0.890. The molecule has 0 amide bonds. The van der Waals surface area contributed by atoms with Crippen LogP contribution in [0, 0.1) is 11.7 Å². The summed E-state index contributed by atoms with van der Waals surface area (Å²) in [6.07, 6.45) is 7.45. The summed E-state index contributed by atoms with van der Waals surface area (Å²) in [6.45, 7) is 4.46. The van der Waals surface area contributed by atoms with E-state index in [4.69, 9.17) is 0 Å². The van der Waals surface area contributed by atoms with Gasteiger partial charge in [-0.05, 0) is 31.2 Å². The fourth-order valence-corrected chi connectivity index (χ4v) is 3.18. The first-order valence-corrected chi connectivity index (χ1v) is 7.72. The van der Waals surface area contributed by atoms with Gasteiger partial charge in [0, 0.05) is 17.6 Å². The summed E-state index contributed by atoms with van der Waals surface area (Å²) in [5, 5.41) is 3.71. The third kappa shape index (κ3) is 3.79. The van der Waals surface area contributed by atoms with Crippen LogP contribution < -0.4 is 5.32 Å². The van der Waals surface area contributed by atoms with Crippen molar-refractivity contribution >= 4 is 0 Å². The van der Waals surface area contributed by atoms with E-state index >= 15 is 0 Å². The van der Waals surface area contributed by atoms with Crippen molar-refractivity contribution in [2.75, 3.05) is 0 Å². The lowest BCUT2D eigenvalue weighted by atomic mass is 9.94. The molecule has 1 saturated carbocycles. The van der Waals surface area contributed by atoms with E-state index in [1.807, 2.05) is 12.1 Å². The third-order valence-electron chi connectivity index (χ3n) is 4.47. The second-order valence-corrected chi connectivity index (χ2v) is 5.87. The van der Waals surface area contributed by atoms with Crippen LogP contribution in [0.3, 0.4) is 0 Å². The van der Waals surface area contributed by atoms with Gasteiger partial charge in [0.05, 0.1) is 0 Å². The fourth-order valence-electron chi connectivity index (χ4n) is 3.18. The number of nitrogens with one attached hydrogen (secondary N) is 1. The van der Waals surface area contributed by atoms with Crippen molar-refractivity contribution in [3.8, 4) is 0 Å². The van der Waals surface area contributed by atoms with Gasteiger partial charge in [0.25, 0.3) is 0 Å². The highest BCUT2D eigenvalue weighted by molar-refractivity contribution is 5.21. The van der Waals surface area contributed by atoms with Crippen molar-refractivity contribution < 1.29 is 4.39 Å². The molecule has 0 spiro atoms. The van der Waals surface area contributed by atoms with Gasteiger partial charge in [0.15, 0.2) is 0 Å². The van der Waals surface area contributed by atoms with Gasteiger partial charge in [-0.25, -0.2) is 4.39 Å². The lowest BCUT2D eigenvalue weighted by Gasteiger charge is -2.29. The predicted octanol–water partition coefficient (Wildman–Crippen LogP) is 4.84. The van der Waals surface area contributed by atoms with Crippen LogP contribution in [-0.2, 0) is 0 Å². The highest BCUT2D eigenvalue weighted by Gasteiger charge is 2.23. The first kappa shape index (κ1) is 14.5. The Morgan fingerprint density at radius 2 is 1.95 bits per heavy atom. The predicted molar refractivity (Wildman–Crippen MR) is 78.6 cm³/mol. The minimum absolute atomic E-state index is 0.0804. The minimum atomic E-state index is -0.0804. The molecule has 0 aliphatic heterocycles. The zero-order chi connectivity index (χ0) is 13.7. The Bertz CT molecular complexity index is 391. The highest BCUT2D eigenvalue weighted by atomic mass is 19.1. The van der Waals surface area contributed by atoms with Gasteiger partial charge in [-0.15, -0.1) is 0 Å². The first-order valence-electron chi connectivity index (χ1n) is 7.72. The van der Waals surface area contributed by atoms with E-state index in [9.17, 15) is 4.39 Å². The second-order valence-electron chi connectivity index (χ2n) is 5.87. The summed E-state index contributed by atoms with van der Waals surface area (Å²) >= 11 is 0. The molecular formula is C17H26FN. The number of benzene rings is 1. The summed E-state index contributed by atoms with van der Waals surface area (Å²) in [4.78, 5) is 0. The largest absolute Gasteiger partial charge is 0.307 e. The van der Waals surface area contributed by atoms with Crippen LogP contribution in [0.25, 0.3) is 0 Å². The molecule has 0 heterocycles. The maximum absolute atomic E-state index is 13.9. The quantitative estimate of drug-likeness (QED) is 0.767. The molecular weight excluding hydrogens is 237 g/mol. The van der Waals surface area contributed by atoms with Gasteiger partial charge >= 0.3 is 0 Å². The molecule has 2 rings (SSSR count). The van der Waals surface area contributed by atoms with Gasteiger partial charge in [-0.3, -0.25) is 0 Å². The van der Waals surface area contributed by atoms with Gasteiger partial charge in [0.1, 0.15) is 5.82 Å². The Morgan fingerprint density at radius 1 is 1.21 bits per heavy atom. The van der Waals surface area contributed by atoms with Crippen LogP contribution in [0.1, 0.15) is 64.0 Å². The average molecular weight is 263 g/mol. The molecule has 1 aromatic carbocycles. The number of halogens is 1. The fraction of sp³-hybridized carbons (Fsp3) is 0.647. The van der Waals surface area contributed by atoms with Crippen LogP contribution in [0.15, 0.2) is 24.3 Å². The van der Waals surface area contributed by atoms with E-state index < -0.39 is 0 Å². The van der Waals surface area contributed by atoms with Crippen LogP contribution >= 0.6 is 0 Å². The van der Waals surface area contributed by atoms with Crippen LogP contribution in [0.4, 0.5) is 4.39 Å². The lowest BCUT2D eigenvalue weighted by molar-refractivity contribution is 0.314. The van der Waals surface area contributed by atoms with Crippen molar-refractivity contribution in [3.05, 3.63) is 35.6 Å². The number of hydrogen-bond acceptors (Lipinski definition) is 1. The molecule has 106 valence electrons.